The molecule has 0 fully saturated rings. The molecule has 32 heavy (non-hydrogen) atoms. The molecule has 0 N–H and O–H groups in total. The summed E-state index contributed by atoms with van der Waals surface area (Å²) in [5.74, 6) is 0. The number of rotatable bonds is 6. The van der Waals surface area contributed by atoms with Gasteiger partial charge >= 0.3 is 186 Å². The molecule has 5 rings (SSSR count). The molecule has 0 radical (unpaired) electrons. The molecule has 0 saturated heterocycles. The summed E-state index contributed by atoms with van der Waals surface area (Å²) in [6.07, 6.45) is 13.0. The van der Waals surface area contributed by atoms with Crippen LogP contribution >= 0.6 is 0 Å². The fourth-order valence-corrected chi connectivity index (χ4v) is 18.3. The third-order valence-electron chi connectivity index (χ3n) is 6.68. The number of hydrogen-bond acceptors (Lipinski definition) is 0. The maximum atomic E-state index is 2.73. The van der Waals surface area contributed by atoms with Crippen molar-refractivity contribution in [2.24, 2.45) is 0 Å². The first kappa shape index (κ1) is 25.0. The van der Waals surface area contributed by atoms with Crippen molar-refractivity contribution in [2.75, 3.05) is 0 Å². The zero-order valence-corrected chi connectivity index (χ0v) is 22.3. The van der Waals surface area contributed by atoms with E-state index in [4.69, 9.17) is 0 Å². The summed E-state index contributed by atoms with van der Waals surface area (Å²) in [6, 6.07) is 29.8. The van der Waals surface area contributed by atoms with E-state index in [2.05, 4.69) is 114 Å². The molecule has 0 heterocycles. The molecule has 0 aliphatic heterocycles. The summed E-state index contributed by atoms with van der Waals surface area (Å²) in [6.45, 7) is 2.28. The number of benzene rings is 3. The van der Waals surface area contributed by atoms with Crippen molar-refractivity contribution in [3.05, 3.63) is 121 Å². The van der Waals surface area contributed by atoms with E-state index < -0.39 is 20.3 Å². The van der Waals surface area contributed by atoms with Gasteiger partial charge in [-0.05, 0) is 0 Å². The van der Waals surface area contributed by atoms with Gasteiger partial charge in [0.05, 0.1) is 0 Å². The van der Waals surface area contributed by atoms with E-state index in [9.17, 15) is 0 Å². The van der Waals surface area contributed by atoms with Crippen LogP contribution in [0.5, 0.6) is 0 Å². The quantitative estimate of drug-likeness (QED) is 0.445. The number of unbranched alkanes of at least 4 members (excludes halogenated alkanes) is 1. The smallest absolute Gasteiger partial charge is 1.00 e. The van der Waals surface area contributed by atoms with Gasteiger partial charge in [-0.25, -0.2) is 0 Å². The van der Waals surface area contributed by atoms with Crippen LogP contribution in [-0.4, -0.2) is 0 Å². The van der Waals surface area contributed by atoms with Crippen LogP contribution in [0.4, 0.5) is 0 Å². The molecule has 0 bridgehead atoms. The minimum Gasteiger partial charge on any atom is -1.00 e. The summed E-state index contributed by atoms with van der Waals surface area (Å²) < 4.78 is 6.49. The van der Waals surface area contributed by atoms with Crippen molar-refractivity contribution in [2.45, 2.75) is 29.8 Å². The molecule has 0 amide bonds. The Labute approximate surface area is 209 Å². The van der Waals surface area contributed by atoms with Gasteiger partial charge < -0.3 is 24.8 Å². The number of allylic oxidation sites excluding steroid dienone is 5. The van der Waals surface area contributed by atoms with E-state index in [0.29, 0.717) is 3.63 Å². The van der Waals surface area contributed by atoms with Crippen molar-refractivity contribution in [1.82, 2.24) is 0 Å². The molecule has 1 atom stereocenters. The van der Waals surface area contributed by atoms with Gasteiger partial charge in [-0.15, -0.1) is 0 Å². The molecular weight excluding hydrogens is 510 g/mol. The minimum atomic E-state index is -3.27. The Kier molecular flexibility index (Phi) is 8.57. The first-order valence-corrected chi connectivity index (χ1v) is 16.4. The topological polar surface area (TPSA) is 0 Å². The molecule has 162 valence electrons. The van der Waals surface area contributed by atoms with Crippen LogP contribution in [0.2, 0.25) is 0 Å². The molecule has 3 aromatic carbocycles. The fourth-order valence-electron chi connectivity index (χ4n) is 5.39. The Hall–Kier alpha value is -1.66. The molecule has 0 aromatic heterocycles. The molecule has 3 heteroatoms. The second kappa shape index (κ2) is 11.0. The van der Waals surface area contributed by atoms with Crippen LogP contribution in [0.1, 0.15) is 40.9 Å². The van der Waals surface area contributed by atoms with E-state index >= 15 is 0 Å². The summed E-state index contributed by atoms with van der Waals surface area (Å²) in [4.78, 5) is 0. The Balaban J connectivity index is 0.00000144. The Morgan fingerprint density at radius 1 is 0.812 bits per heavy atom. The second-order valence-corrected chi connectivity index (χ2v) is 17.9. The predicted octanol–water partition coefficient (Wildman–Crippen LogP) is 1.40. The van der Waals surface area contributed by atoms with E-state index in [-0.39, 0.29) is 24.8 Å². The van der Waals surface area contributed by atoms with Gasteiger partial charge in [0.15, 0.2) is 0 Å². The van der Waals surface area contributed by atoms with Crippen molar-refractivity contribution in [3.63, 3.8) is 0 Å². The van der Waals surface area contributed by atoms with E-state index in [0.717, 1.165) is 12.8 Å². The van der Waals surface area contributed by atoms with Crippen LogP contribution in [0.25, 0.3) is 11.1 Å². The maximum absolute atomic E-state index is 3.27. The molecule has 0 nitrogen and oxygen atoms in total. The Bertz CT molecular complexity index is 1100. The molecule has 0 spiro atoms. The van der Waals surface area contributed by atoms with Crippen LogP contribution in [0, 0.1) is 0 Å². The SMILES string of the molecule is CCCC=[CH][Zr+2]([C]1=CC=CC1)([c]1ccccc1)[CH]1c2ccccc2-c2ccccc21.[Cl-].[Cl-]. The normalized spacial score (nSPS) is 15.0. The van der Waals surface area contributed by atoms with E-state index in [1.54, 1.807) is 6.55 Å². The van der Waals surface area contributed by atoms with Crippen LogP contribution in [0.3, 0.4) is 0 Å². The summed E-state index contributed by atoms with van der Waals surface area (Å²) in [5, 5.41) is 0. The van der Waals surface area contributed by atoms with E-state index in [1.807, 2.05) is 0 Å². The van der Waals surface area contributed by atoms with Crippen molar-refractivity contribution >= 4 is 3.27 Å². The second-order valence-electron chi connectivity index (χ2n) is 8.36. The van der Waals surface area contributed by atoms with Gasteiger partial charge in [0, 0.05) is 0 Å². The standard InChI is InChI=1S/C13H9.C6H5.C5H5.C5H9.2ClH.Zr/c1-3-7-12-10(5-1)9-11-6-2-4-8-13(11)12;1-2-4-6-5-3-1;1-2-4-5-3-1;1-3-5-4-2;;;/h1-9H;1-5H;1-3H,4H2;1,3H,4-5H2,2H3;2*1H;/q;;;;;;+2/p-2. The molecule has 2 aliphatic rings. The third-order valence-corrected chi connectivity index (χ3v) is 19.0. The zero-order valence-electron chi connectivity index (χ0n) is 18.3. The van der Waals surface area contributed by atoms with Gasteiger partial charge in [-0.1, -0.05) is 0 Å². The van der Waals surface area contributed by atoms with Crippen molar-refractivity contribution in [1.29, 1.82) is 0 Å². The number of fused-ring (bicyclic) bond motifs is 3. The van der Waals surface area contributed by atoms with Crippen LogP contribution in [-0.2, 0) is 20.3 Å². The van der Waals surface area contributed by atoms with Crippen molar-refractivity contribution in [3.8, 4) is 11.1 Å². The molecule has 2 aliphatic carbocycles. The first-order valence-electron chi connectivity index (χ1n) is 11.1. The average Bonchev–Trinajstić information content (AvgIpc) is 3.45. The monoisotopic (exact) mass is 536 g/mol. The number of hydrogen-bond donors (Lipinski definition) is 0. The third kappa shape index (κ3) is 4.16. The van der Waals surface area contributed by atoms with Gasteiger partial charge in [0.25, 0.3) is 0 Å². The average molecular weight is 539 g/mol. The van der Waals surface area contributed by atoms with E-state index in [1.165, 1.54) is 28.7 Å². The molecule has 1 unspecified atom stereocenters. The zero-order chi connectivity index (χ0) is 20.4. The fraction of sp³-hybridized carbons (Fsp3) is 0.172. The van der Waals surface area contributed by atoms with Crippen LogP contribution in [0.15, 0.2) is 110 Å². The number of halogens is 2. The summed E-state index contributed by atoms with van der Waals surface area (Å²) in [5.41, 5.74) is 5.94. The maximum Gasteiger partial charge on any atom is -1.00 e. The minimum absolute atomic E-state index is 0. The van der Waals surface area contributed by atoms with Crippen molar-refractivity contribution < 1.29 is 45.1 Å². The van der Waals surface area contributed by atoms with Gasteiger partial charge in [-0.3, -0.25) is 0 Å². The van der Waals surface area contributed by atoms with Gasteiger partial charge in [-0.2, -0.15) is 0 Å². The Morgan fingerprint density at radius 2 is 1.41 bits per heavy atom. The summed E-state index contributed by atoms with van der Waals surface area (Å²) in [7, 11) is 0. The van der Waals surface area contributed by atoms with Crippen LogP contribution < -0.4 is 28.1 Å². The first-order chi connectivity index (χ1) is 14.9. The van der Waals surface area contributed by atoms with Gasteiger partial charge in [0.1, 0.15) is 0 Å². The predicted molar refractivity (Wildman–Crippen MR) is 126 cm³/mol. The largest absolute Gasteiger partial charge is 1.00 e. The Morgan fingerprint density at radius 3 is 1.97 bits per heavy atom. The molecule has 3 aromatic rings. The summed E-state index contributed by atoms with van der Waals surface area (Å²) >= 11 is -3.27. The molecular formula is C29H28Cl2Zr. The molecule has 0 saturated carbocycles. The van der Waals surface area contributed by atoms with Gasteiger partial charge in [0.2, 0.25) is 0 Å².